The summed E-state index contributed by atoms with van der Waals surface area (Å²) in [6.07, 6.45) is 3.43. The van der Waals surface area contributed by atoms with Crippen LogP contribution in [-0.2, 0) is 11.8 Å². The molecule has 2 heterocycles. The Morgan fingerprint density at radius 2 is 2.11 bits per heavy atom. The van der Waals surface area contributed by atoms with Crippen molar-refractivity contribution in [2.24, 2.45) is 7.05 Å². The highest BCUT2D eigenvalue weighted by molar-refractivity contribution is 5.95. The van der Waals surface area contributed by atoms with Gasteiger partial charge in [0, 0.05) is 7.05 Å². The Balaban J connectivity index is 2.26. The molecule has 2 aromatic rings. The van der Waals surface area contributed by atoms with Crippen molar-refractivity contribution < 1.29 is 13.9 Å². The average Bonchev–Trinajstić information content (AvgIpc) is 2.74. The van der Waals surface area contributed by atoms with E-state index in [0.29, 0.717) is 5.82 Å². The fourth-order valence-electron chi connectivity index (χ4n) is 1.43. The molecule has 2 aromatic heterocycles. The van der Waals surface area contributed by atoms with Crippen LogP contribution in [0.25, 0.3) is 0 Å². The number of hydrogen-bond acceptors (Lipinski definition) is 6. The van der Waals surface area contributed by atoms with Crippen LogP contribution in [0.3, 0.4) is 0 Å². The van der Waals surface area contributed by atoms with Gasteiger partial charge in [-0.05, 0) is 6.92 Å². The highest BCUT2D eigenvalue weighted by atomic mass is 19.1. The van der Waals surface area contributed by atoms with Crippen LogP contribution in [0.5, 0.6) is 0 Å². The van der Waals surface area contributed by atoms with Gasteiger partial charge in [-0.2, -0.15) is 5.10 Å². The quantitative estimate of drug-likeness (QED) is 0.838. The molecule has 0 saturated heterocycles. The predicted molar refractivity (Wildman–Crippen MR) is 64.4 cm³/mol. The fourth-order valence-corrected chi connectivity index (χ4v) is 1.43. The summed E-state index contributed by atoms with van der Waals surface area (Å²) >= 11 is 0. The van der Waals surface area contributed by atoms with E-state index in [4.69, 9.17) is 4.74 Å². The molecule has 0 aliphatic carbocycles. The highest BCUT2D eigenvalue weighted by Crippen LogP contribution is 2.18. The van der Waals surface area contributed by atoms with Crippen LogP contribution in [0.1, 0.15) is 17.3 Å². The molecule has 0 atom stereocenters. The number of anilines is 2. The summed E-state index contributed by atoms with van der Waals surface area (Å²) in [6, 6.07) is 0. The minimum Gasteiger partial charge on any atom is -0.462 e. The second-order valence-electron chi connectivity index (χ2n) is 3.60. The lowest BCUT2D eigenvalue weighted by atomic mass is 10.3. The lowest BCUT2D eigenvalue weighted by Gasteiger charge is -2.07. The fraction of sp³-hybridized carbons (Fsp3) is 0.273. The van der Waals surface area contributed by atoms with E-state index in [0.717, 1.165) is 12.4 Å². The number of halogens is 1. The highest BCUT2D eigenvalue weighted by Gasteiger charge is 2.18. The van der Waals surface area contributed by atoms with Crippen molar-refractivity contribution in [1.82, 2.24) is 19.7 Å². The van der Waals surface area contributed by atoms with E-state index in [2.05, 4.69) is 20.4 Å². The lowest BCUT2D eigenvalue weighted by Crippen LogP contribution is -2.09. The zero-order valence-electron chi connectivity index (χ0n) is 10.4. The molecule has 0 aliphatic heterocycles. The normalized spacial score (nSPS) is 10.3. The van der Waals surface area contributed by atoms with Crippen LogP contribution in [0, 0.1) is 5.82 Å². The van der Waals surface area contributed by atoms with Gasteiger partial charge in [0.2, 0.25) is 5.95 Å². The van der Waals surface area contributed by atoms with Gasteiger partial charge in [-0.3, -0.25) is 4.68 Å². The molecule has 1 N–H and O–H groups in total. The number of aromatic nitrogens is 4. The molecule has 0 fully saturated rings. The van der Waals surface area contributed by atoms with Crippen molar-refractivity contribution in [2.75, 3.05) is 11.9 Å². The topological polar surface area (TPSA) is 81.9 Å². The summed E-state index contributed by atoms with van der Waals surface area (Å²) in [7, 11) is 1.65. The zero-order valence-corrected chi connectivity index (χ0v) is 10.4. The predicted octanol–water partition coefficient (Wildman–Crippen LogP) is 1.27. The number of nitrogens with zero attached hydrogens (tertiary/aromatic N) is 4. The Bertz CT molecular complexity index is 581. The van der Waals surface area contributed by atoms with Crippen LogP contribution in [0.2, 0.25) is 0 Å². The Morgan fingerprint density at radius 1 is 1.42 bits per heavy atom. The lowest BCUT2D eigenvalue weighted by molar-refractivity contribution is 0.0527. The number of carbonyl (C=O) groups excluding carboxylic acids is 1. The van der Waals surface area contributed by atoms with Gasteiger partial charge in [-0.25, -0.2) is 19.2 Å². The molecular formula is C11H12FN5O2. The Kier molecular flexibility index (Phi) is 3.69. The van der Waals surface area contributed by atoms with Crippen molar-refractivity contribution >= 4 is 17.7 Å². The molecule has 0 unspecified atom stereocenters. The first-order valence-electron chi connectivity index (χ1n) is 5.55. The van der Waals surface area contributed by atoms with Crippen molar-refractivity contribution in [3.63, 3.8) is 0 Å². The van der Waals surface area contributed by atoms with Crippen molar-refractivity contribution in [3.8, 4) is 0 Å². The third-order valence-electron chi connectivity index (χ3n) is 2.28. The molecule has 0 spiro atoms. The molecule has 0 saturated carbocycles. The molecule has 0 bridgehead atoms. The van der Waals surface area contributed by atoms with Crippen LogP contribution < -0.4 is 5.32 Å². The van der Waals surface area contributed by atoms with Gasteiger partial charge in [-0.1, -0.05) is 0 Å². The van der Waals surface area contributed by atoms with Crippen LogP contribution >= 0.6 is 0 Å². The smallest absolute Gasteiger partial charge is 0.343 e. The summed E-state index contributed by atoms with van der Waals surface area (Å²) in [4.78, 5) is 19.2. The minimum absolute atomic E-state index is 0.163. The zero-order chi connectivity index (χ0) is 13.8. The minimum atomic E-state index is -0.541. The maximum absolute atomic E-state index is 12.7. The van der Waals surface area contributed by atoms with E-state index >= 15 is 0 Å². The van der Waals surface area contributed by atoms with Crippen molar-refractivity contribution in [1.29, 1.82) is 0 Å². The monoisotopic (exact) mass is 265 g/mol. The molecular weight excluding hydrogens is 253 g/mol. The van der Waals surface area contributed by atoms with Gasteiger partial charge in [-0.15, -0.1) is 0 Å². The number of esters is 1. The molecule has 0 aromatic carbocycles. The molecule has 0 aliphatic rings. The Hall–Kier alpha value is -2.51. The Morgan fingerprint density at radius 3 is 2.74 bits per heavy atom. The largest absolute Gasteiger partial charge is 0.462 e. The van der Waals surface area contributed by atoms with Gasteiger partial charge in [0.1, 0.15) is 11.4 Å². The van der Waals surface area contributed by atoms with Gasteiger partial charge in [0.25, 0.3) is 0 Å². The number of nitrogens with one attached hydrogen (secondary N) is 1. The first kappa shape index (κ1) is 12.9. The second kappa shape index (κ2) is 5.42. The molecule has 2 rings (SSSR count). The van der Waals surface area contributed by atoms with E-state index < -0.39 is 11.8 Å². The molecule has 8 heteroatoms. The number of ether oxygens (including phenoxy) is 1. The molecule has 0 radical (unpaired) electrons. The SMILES string of the molecule is CCOC(=O)c1cnn(C)c1Nc1ncc(F)cn1. The molecule has 100 valence electrons. The second-order valence-corrected chi connectivity index (χ2v) is 3.60. The summed E-state index contributed by atoms with van der Waals surface area (Å²) < 4.78 is 19.1. The van der Waals surface area contributed by atoms with Crippen molar-refractivity contribution in [3.05, 3.63) is 30.0 Å². The third-order valence-corrected chi connectivity index (χ3v) is 2.28. The summed E-state index contributed by atoms with van der Waals surface area (Å²) in [5.41, 5.74) is 0.261. The van der Waals surface area contributed by atoms with Crippen LogP contribution in [-0.4, -0.2) is 32.3 Å². The standard InChI is InChI=1S/C11H12FN5O2/c1-3-19-10(18)8-6-15-17(2)9(8)16-11-13-4-7(12)5-14-11/h4-6H,3H2,1-2H3,(H,13,14,16). The van der Waals surface area contributed by atoms with Crippen LogP contribution in [0.15, 0.2) is 18.6 Å². The Labute approximate surface area is 108 Å². The summed E-state index contributed by atoms with van der Waals surface area (Å²) in [5, 5.41) is 6.76. The van der Waals surface area contributed by atoms with E-state index in [1.165, 1.54) is 10.9 Å². The third kappa shape index (κ3) is 2.84. The number of rotatable bonds is 4. The van der Waals surface area contributed by atoms with E-state index in [9.17, 15) is 9.18 Å². The van der Waals surface area contributed by atoms with E-state index in [-0.39, 0.29) is 18.1 Å². The molecule has 0 amide bonds. The first-order valence-corrected chi connectivity index (χ1v) is 5.55. The number of carbonyl (C=O) groups is 1. The summed E-state index contributed by atoms with van der Waals surface area (Å²) in [5.74, 6) is -0.498. The van der Waals surface area contributed by atoms with Gasteiger partial charge < -0.3 is 10.1 Å². The molecule has 19 heavy (non-hydrogen) atoms. The van der Waals surface area contributed by atoms with Gasteiger partial charge in [0.15, 0.2) is 5.82 Å². The van der Waals surface area contributed by atoms with Gasteiger partial charge in [0.05, 0.1) is 25.2 Å². The summed E-state index contributed by atoms with van der Waals surface area (Å²) in [6.45, 7) is 1.98. The average molecular weight is 265 g/mol. The van der Waals surface area contributed by atoms with E-state index in [1.54, 1.807) is 14.0 Å². The number of aryl methyl sites for hydroxylation is 1. The molecule has 7 nitrogen and oxygen atoms in total. The first-order chi connectivity index (χ1) is 9.11. The maximum atomic E-state index is 12.7. The number of hydrogen-bond donors (Lipinski definition) is 1. The van der Waals surface area contributed by atoms with Gasteiger partial charge >= 0.3 is 5.97 Å². The van der Waals surface area contributed by atoms with Crippen LogP contribution in [0.4, 0.5) is 16.2 Å². The van der Waals surface area contributed by atoms with E-state index in [1.807, 2.05) is 0 Å². The van der Waals surface area contributed by atoms with Crippen molar-refractivity contribution in [2.45, 2.75) is 6.92 Å². The maximum Gasteiger partial charge on any atom is 0.343 e.